The molecule has 0 unspecified atom stereocenters. The van der Waals surface area contributed by atoms with Crippen LogP contribution in [0.15, 0.2) is 24.3 Å². The first-order valence-corrected chi connectivity index (χ1v) is 9.98. The second-order valence-corrected chi connectivity index (χ2v) is 8.23. The topological polar surface area (TPSA) is 75.7 Å². The van der Waals surface area contributed by atoms with Gasteiger partial charge in [-0.15, -0.1) is 0 Å². The molecule has 1 N–H and O–H groups in total. The molecule has 1 rings (SSSR count). The van der Waals surface area contributed by atoms with E-state index >= 15 is 0 Å². The van der Waals surface area contributed by atoms with Crippen LogP contribution in [0.3, 0.4) is 0 Å². The Bertz CT molecular complexity index is 626. The molecular weight excluding hydrogens is 328 g/mol. The Morgan fingerprint density at radius 3 is 2.29 bits per heavy atom. The minimum atomic E-state index is -3.30. The summed E-state index contributed by atoms with van der Waals surface area (Å²) in [6, 6.07) is 6.64. The van der Waals surface area contributed by atoms with Gasteiger partial charge in [0.1, 0.15) is 5.75 Å². The zero-order chi connectivity index (χ0) is 18.3. The van der Waals surface area contributed by atoms with E-state index in [9.17, 15) is 13.2 Å². The van der Waals surface area contributed by atoms with Crippen LogP contribution < -0.4 is 14.4 Å². The fourth-order valence-corrected chi connectivity index (χ4v) is 2.52. The number of ether oxygens (including phenoxy) is 1. The largest absolute Gasteiger partial charge is 0.481 e. The van der Waals surface area contributed by atoms with Gasteiger partial charge in [0.2, 0.25) is 10.0 Å². The van der Waals surface area contributed by atoms with Crippen LogP contribution in [0.5, 0.6) is 5.75 Å². The van der Waals surface area contributed by atoms with Crippen LogP contribution in [0.2, 0.25) is 0 Å². The predicted octanol–water partition coefficient (Wildman–Crippen LogP) is 2.40. The smallest absolute Gasteiger partial charge is 0.261 e. The first-order valence-electron chi connectivity index (χ1n) is 8.13. The molecule has 0 aliphatic heterocycles. The van der Waals surface area contributed by atoms with Gasteiger partial charge < -0.3 is 10.1 Å². The first-order chi connectivity index (χ1) is 11.1. The molecule has 1 amide bonds. The highest BCUT2D eigenvalue weighted by Gasteiger charge is 2.18. The molecule has 0 spiro atoms. The summed E-state index contributed by atoms with van der Waals surface area (Å²) in [6.07, 6.45) is 2.06. The van der Waals surface area contributed by atoms with Crippen molar-refractivity contribution in [2.75, 3.05) is 24.2 Å². The zero-order valence-corrected chi connectivity index (χ0v) is 15.9. The van der Waals surface area contributed by atoms with Crippen molar-refractivity contribution in [2.45, 2.75) is 39.7 Å². The fraction of sp³-hybridized carbons (Fsp3) is 0.588. The number of anilines is 1. The van der Waals surface area contributed by atoms with E-state index in [1.807, 2.05) is 6.92 Å². The number of hydrogen-bond acceptors (Lipinski definition) is 4. The molecule has 0 heterocycles. The fourth-order valence-electron chi connectivity index (χ4n) is 2.01. The number of carbonyl (C=O) groups excluding carboxylic acids is 1. The van der Waals surface area contributed by atoms with Crippen LogP contribution in [-0.4, -0.2) is 40.3 Å². The van der Waals surface area contributed by atoms with Crippen LogP contribution in [0, 0.1) is 5.92 Å². The van der Waals surface area contributed by atoms with E-state index in [-0.39, 0.29) is 5.91 Å². The number of nitrogens with zero attached hydrogens (tertiary/aromatic N) is 1. The van der Waals surface area contributed by atoms with Crippen molar-refractivity contribution in [3.63, 3.8) is 0 Å². The van der Waals surface area contributed by atoms with Crippen molar-refractivity contribution in [2.24, 2.45) is 5.92 Å². The molecule has 0 saturated carbocycles. The number of rotatable bonds is 9. The van der Waals surface area contributed by atoms with Crippen molar-refractivity contribution in [1.82, 2.24) is 5.32 Å². The van der Waals surface area contributed by atoms with Gasteiger partial charge in [-0.1, -0.05) is 20.8 Å². The predicted molar refractivity (Wildman–Crippen MR) is 96.9 cm³/mol. The minimum absolute atomic E-state index is 0.129. The third-order valence-corrected chi connectivity index (χ3v) is 4.87. The second kappa shape index (κ2) is 8.92. The lowest BCUT2D eigenvalue weighted by Gasteiger charge is -2.19. The monoisotopic (exact) mass is 356 g/mol. The summed E-state index contributed by atoms with van der Waals surface area (Å²) in [5.74, 6) is 0.938. The minimum Gasteiger partial charge on any atom is -0.481 e. The normalized spacial score (nSPS) is 12.8. The summed E-state index contributed by atoms with van der Waals surface area (Å²) in [5.41, 5.74) is 0.541. The summed E-state index contributed by atoms with van der Waals surface area (Å²) in [6.45, 7) is 6.73. The van der Waals surface area contributed by atoms with Gasteiger partial charge in [0.25, 0.3) is 5.91 Å². The van der Waals surface area contributed by atoms with E-state index in [0.29, 0.717) is 30.3 Å². The average Bonchev–Trinajstić information content (AvgIpc) is 2.51. The van der Waals surface area contributed by atoms with Gasteiger partial charge in [0.05, 0.1) is 11.9 Å². The average molecular weight is 356 g/mol. The van der Waals surface area contributed by atoms with E-state index in [0.717, 1.165) is 12.7 Å². The van der Waals surface area contributed by atoms with Crippen LogP contribution >= 0.6 is 0 Å². The number of sulfonamides is 1. The maximum atomic E-state index is 12.1. The molecule has 1 aromatic rings. The van der Waals surface area contributed by atoms with Crippen LogP contribution in [0.1, 0.15) is 33.6 Å². The molecular formula is C17H28N2O4S. The van der Waals surface area contributed by atoms with Gasteiger partial charge >= 0.3 is 0 Å². The van der Waals surface area contributed by atoms with E-state index in [1.54, 1.807) is 24.3 Å². The van der Waals surface area contributed by atoms with E-state index in [2.05, 4.69) is 19.2 Å². The highest BCUT2D eigenvalue weighted by molar-refractivity contribution is 7.92. The van der Waals surface area contributed by atoms with Crippen LogP contribution in [0.25, 0.3) is 0 Å². The van der Waals surface area contributed by atoms with E-state index in [4.69, 9.17) is 4.74 Å². The highest BCUT2D eigenvalue weighted by atomic mass is 32.2. The van der Waals surface area contributed by atoms with Crippen molar-refractivity contribution < 1.29 is 17.9 Å². The van der Waals surface area contributed by atoms with Gasteiger partial charge in [-0.2, -0.15) is 0 Å². The summed E-state index contributed by atoms with van der Waals surface area (Å²) >= 11 is 0. The molecule has 136 valence electrons. The van der Waals surface area contributed by atoms with Gasteiger partial charge in [-0.3, -0.25) is 9.10 Å². The Morgan fingerprint density at radius 2 is 1.83 bits per heavy atom. The highest BCUT2D eigenvalue weighted by Crippen LogP contribution is 2.21. The van der Waals surface area contributed by atoms with Crippen molar-refractivity contribution in [3.05, 3.63) is 24.3 Å². The molecule has 0 saturated heterocycles. The summed E-state index contributed by atoms with van der Waals surface area (Å²) < 4.78 is 30.0. The van der Waals surface area contributed by atoms with Gasteiger partial charge in [0, 0.05) is 13.6 Å². The summed E-state index contributed by atoms with van der Waals surface area (Å²) in [5, 5.41) is 2.88. The lowest BCUT2D eigenvalue weighted by molar-refractivity contribution is -0.128. The second-order valence-electron chi connectivity index (χ2n) is 6.21. The summed E-state index contributed by atoms with van der Waals surface area (Å²) in [4.78, 5) is 12.1. The third-order valence-electron chi connectivity index (χ3n) is 3.66. The van der Waals surface area contributed by atoms with Crippen molar-refractivity contribution in [3.8, 4) is 5.75 Å². The van der Waals surface area contributed by atoms with Crippen LogP contribution in [-0.2, 0) is 14.8 Å². The molecule has 0 aliphatic carbocycles. The molecule has 6 nitrogen and oxygen atoms in total. The van der Waals surface area contributed by atoms with Gasteiger partial charge in [-0.05, 0) is 43.0 Å². The molecule has 0 aromatic heterocycles. The standard InChI is InChI=1S/C17H28N2O4S/c1-6-16(17(20)18-12-11-13(2)3)23-15-9-7-14(8-10-15)19(4)24(5,21)22/h7-10,13,16H,6,11-12H2,1-5H3,(H,18,20)/t16-/m0/s1. The Morgan fingerprint density at radius 1 is 1.25 bits per heavy atom. The Kier molecular flexibility index (Phi) is 7.54. The van der Waals surface area contributed by atoms with E-state index < -0.39 is 16.1 Å². The molecule has 7 heteroatoms. The molecule has 0 bridgehead atoms. The van der Waals surface area contributed by atoms with E-state index in [1.165, 1.54) is 11.4 Å². The molecule has 0 fully saturated rings. The molecule has 24 heavy (non-hydrogen) atoms. The number of benzene rings is 1. The van der Waals surface area contributed by atoms with Crippen molar-refractivity contribution in [1.29, 1.82) is 0 Å². The maximum Gasteiger partial charge on any atom is 0.261 e. The lowest BCUT2D eigenvalue weighted by atomic mass is 10.1. The number of carbonyl (C=O) groups is 1. The molecule has 1 aromatic carbocycles. The Balaban J connectivity index is 2.68. The lowest BCUT2D eigenvalue weighted by Crippen LogP contribution is -2.38. The number of hydrogen-bond donors (Lipinski definition) is 1. The zero-order valence-electron chi connectivity index (χ0n) is 15.1. The Labute approximate surface area is 145 Å². The molecule has 0 radical (unpaired) electrons. The Hall–Kier alpha value is -1.76. The molecule has 0 aliphatic rings. The van der Waals surface area contributed by atoms with Gasteiger partial charge in [0.15, 0.2) is 6.10 Å². The first kappa shape index (κ1) is 20.3. The quantitative estimate of drug-likeness (QED) is 0.737. The SMILES string of the molecule is CC[C@H](Oc1ccc(N(C)S(C)(=O)=O)cc1)C(=O)NCCC(C)C. The van der Waals surface area contributed by atoms with Crippen LogP contribution in [0.4, 0.5) is 5.69 Å². The third kappa shape index (κ3) is 6.39. The van der Waals surface area contributed by atoms with Crippen molar-refractivity contribution >= 4 is 21.6 Å². The number of amides is 1. The molecule has 1 atom stereocenters. The summed E-state index contributed by atoms with van der Waals surface area (Å²) in [7, 11) is -1.81. The number of nitrogens with one attached hydrogen (secondary N) is 1. The van der Waals surface area contributed by atoms with Gasteiger partial charge in [-0.25, -0.2) is 8.42 Å². The maximum absolute atomic E-state index is 12.1.